The number of rotatable bonds is 7. The molecular weight excluding hydrogens is 444 g/mol. The highest BCUT2D eigenvalue weighted by Gasteiger charge is 2.37. The van der Waals surface area contributed by atoms with E-state index in [0.29, 0.717) is 38.8 Å². The average Bonchev–Trinajstić information content (AvgIpc) is 2.80. The number of aliphatic carboxylic acids is 1. The molecule has 0 spiro atoms. The van der Waals surface area contributed by atoms with Gasteiger partial charge in [-0.2, -0.15) is 4.31 Å². The van der Waals surface area contributed by atoms with Gasteiger partial charge in [0.2, 0.25) is 10.0 Å². The highest BCUT2D eigenvalue weighted by atomic mass is 32.2. The van der Waals surface area contributed by atoms with Crippen molar-refractivity contribution in [2.75, 3.05) is 18.0 Å². The van der Waals surface area contributed by atoms with Gasteiger partial charge in [0.1, 0.15) is 6.61 Å². The standard InChI is InChI=1S/C24H28N2O6S/c1-17-4-2-6-19-16-32-24(29)26(23(17)19)20-12-14-25(15-13-20)33(30,31)21-10-8-18(9-11-21)5-3-7-22(27)28/h2,4,6,8-11,20H,3,5,7,12-16H2,1H3,(H,27,28). The first kappa shape index (κ1) is 23.3. The largest absolute Gasteiger partial charge is 0.481 e. The molecule has 2 heterocycles. The van der Waals surface area contributed by atoms with Crippen LogP contribution in [-0.2, 0) is 32.6 Å². The van der Waals surface area contributed by atoms with Crippen molar-refractivity contribution in [1.29, 1.82) is 0 Å². The molecule has 176 valence electrons. The molecule has 0 aromatic heterocycles. The van der Waals surface area contributed by atoms with Crippen molar-refractivity contribution in [2.45, 2.75) is 56.6 Å². The highest BCUT2D eigenvalue weighted by Crippen LogP contribution is 2.35. The zero-order chi connectivity index (χ0) is 23.6. The number of carboxylic acid groups (broad SMARTS) is 1. The van der Waals surface area contributed by atoms with Crippen LogP contribution in [0.1, 0.15) is 42.4 Å². The molecule has 0 saturated carbocycles. The number of para-hydroxylation sites is 1. The molecule has 0 aliphatic carbocycles. The predicted octanol–water partition coefficient (Wildman–Crippen LogP) is 3.71. The van der Waals surface area contributed by atoms with Crippen LogP contribution in [-0.4, -0.2) is 49.0 Å². The first-order chi connectivity index (χ1) is 15.8. The minimum absolute atomic E-state index is 0.0869. The van der Waals surface area contributed by atoms with Gasteiger partial charge in [-0.05, 0) is 55.9 Å². The van der Waals surface area contributed by atoms with Gasteiger partial charge in [0.25, 0.3) is 0 Å². The lowest BCUT2D eigenvalue weighted by Crippen LogP contribution is -2.50. The molecule has 2 aromatic carbocycles. The first-order valence-electron chi connectivity index (χ1n) is 11.1. The fraction of sp³-hybridized carbons (Fsp3) is 0.417. The van der Waals surface area contributed by atoms with Crippen LogP contribution in [0.15, 0.2) is 47.4 Å². The van der Waals surface area contributed by atoms with Crippen LogP contribution in [0.4, 0.5) is 10.5 Å². The van der Waals surface area contributed by atoms with Gasteiger partial charge in [-0.1, -0.05) is 30.3 Å². The Bertz CT molecular complexity index is 1140. The third-order valence-electron chi connectivity index (χ3n) is 6.32. The Hall–Kier alpha value is -2.91. The SMILES string of the molecule is Cc1cccc2c1N(C1CCN(S(=O)(=O)c3ccc(CCCC(=O)O)cc3)CC1)C(=O)OC2. The number of piperidine rings is 1. The molecule has 0 atom stereocenters. The fourth-order valence-corrected chi connectivity index (χ4v) is 6.04. The van der Waals surface area contributed by atoms with E-state index < -0.39 is 16.0 Å². The minimum atomic E-state index is -3.64. The number of sulfonamides is 1. The zero-order valence-electron chi connectivity index (χ0n) is 18.6. The lowest BCUT2D eigenvalue weighted by molar-refractivity contribution is -0.137. The molecule has 1 fully saturated rings. The summed E-state index contributed by atoms with van der Waals surface area (Å²) in [4.78, 5) is 25.2. The molecular formula is C24H28N2O6S. The van der Waals surface area contributed by atoms with Crippen LogP contribution in [0.3, 0.4) is 0 Å². The van der Waals surface area contributed by atoms with Crippen molar-refractivity contribution in [3.63, 3.8) is 0 Å². The Morgan fingerprint density at radius 3 is 2.48 bits per heavy atom. The summed E-state index contributed by atoms with van der Waals surface area (Å²) in [5, 5.41) is 8.75. The molecule has 0 unspecified atom stereocenters. The maximum Gasteiger partial charge on any atom is 0.414 e. The quantitative estimate of drug-likeness (QED) is 0.659. The lowest BCUT2D eigenvalue weighted by Gasteiger charge is -2.40. The zero-order valence-corrected chi connectivity index (χ0v) is 19.4. The Labute approximate surface area is 193 Å². The molecule has 9 heteroatoms. The summed E-state index contributed by atoms with van der Waals surface area (Å²) < 4.78 is 33.1. The molecule has 1 saturated heterocycles. The number of amides is 1. The number of fused-ring (bicyclic) bond motifs is 1. The van der Waals surface area contributed by atoms with Crippen LogP contribution >= 0.6 is 0 Å². The number of ether oxygens (including phenoxy) is 1. The molecule has 4 rings (SSSR count). The van der Waals surface area contributed by atoms with Crippen molar-refractivity contribution in [3.05, 3.63) is 59.2 Å². The average molecular weight is 473 g/mol. The van der Waals surface area contributed by atoms with Crippen molar-refractivity contribution >= 4 is 27.8 Å². The maximum atomic E-state index is 13.1. The lowest BCUT2D eigenvalue weighted by atomic mass is 10.00. The third kappa shape index (κ3) is 4.89. The third-order valence-corrected chi connectivity index (χ3v) is 8.23. The Balaban J connectivity index is 1.43. The van der Waals surface area contributed by atoms with Crippen LogP contribution in [0.5, 0.6) is 0 Å². The minimum Gasteiger partial charge on any atom is -0.481 e. The van der Waals surface area contributed by atoms with Crippen LogP contribution < -0.4 is 4.90 Å². The maximum absolute atomic E-state index is 13.1. The summed E-state index contributed by atoms with van der Waals surface area (Å²) >= 11 is 0. The molecule has 2 aromatic rings. The fourth-order valence-electron chi connectivity index (χ4n) is 4.57. The van der Waals surface area contributed by atoms with Gasteiger partial charge < -0.3 is 9.84 Å². The van der Waals surface area contributed by atoms with Gasteiger partial charge in [-0.15, -0.1) is 0 Å². The van der Waals surface area contributed by atoms with E-state index in [-0.39, 0.29) is 30.1 Å². The molecule has 1 amide bonds. The summed E-state index contributed by atoms with van der Waals surface area (Å²) in [6, 6.07) is 12.4. The van der Waals surface area contributed by atoms with Crippen molar-refractivity contribution in [3.8, 4) is 0 Å². The summed E-state index contributed by atoms with van der Waals surface area (Å²) in [6.45, 7) is 2.86. The van der Waals surface area contributed by atoms with Crippen molar-refractivity contribution in [2.24, 2.45) is 0 Å². The van der Waals surface area contributed by atoms with Crippen LogP contribution in [0, 0.1) is 6.92 Å². The molecule has 8 nitrogen and oxygen atoms in total. The monoisotopic (exact) mass is 472 g/mol. The number of anilines is 1. The van der Waals surface area contributed by atoms with E-state index in [0.717, 1.165) is 22.4 Å². The van der Waals surface area contributed by atoms with Gasteiger partial charge in [0.15, 0.2) is 0 Å². The van der Waals surface area contributed by atoms with E-state index in [1.807, 2.05) is 25.1 Å². The number of carbonyl (C=O) groups is 2. The summed E-state index contributed by atoms with van der Waals surface area (Å²) in [6.07, 6.45) is 1.85. The van der Waals surface area contributed by atoms with Crippen LogP contribution in [0.2, 0.25) is 0 Å². The molecule has 1 N–H and O–H groups in total. The van der Waals surface area contributed by atoms with Crippen molar-refractivity contribution in [1.82, 2.24) is 4.31 Å². The molecule has 0 bridgehead atoms. The first-order valence-corrected chi connectivity index (χ1v) is 12.6. The number of hydrogen-bond donors (Lipinski definition) is 1. The number of aryl methyl sites for hydroxylation is 2. The van der Waals surface area contributed by atoms with E-state index in [1.165, 1.54) is 4.31 Å². The molecule has 33 heavy (non-hydrogen) atoms. The van der Waals surface area contributed by atoms with E-state index in [9.17, 15) is 18.0 Å². The topological polar surface area (TPSA) is 104 Å². The van der Waals surface area contributed by atoms with Crippen LogP contribution in [0.25, 0.3) is 0 Å². The molecule has 0 radical (unpaired) electrons. The van der Waals surface area contributed by atoms with Gasteiger partial charge in [-0.3, -0.25) is 9.69 Å². The van der Waals surface area contributed by atoms with E-state index >= 15 is 0 Å². The second kappa shape index (κ2) is 9.52. The highest BCUT2D eigenvalue weighted by molar-refractivity contribution is 7.89. The summed E-state index contributed by atoms with van der Waals surface area (Å²) in [7, 11) is -3.64. The van der Waals surface area contributed by atoms with Gasteiger partial charge >= 0.3 is 12.1 Å². The Morgan fingerprint density at radius 2 is 1.82 bits per heavy atom. The smallest absolute Gasteiger partial charge is 0.414 e. The van der Waals surface area contributed by atoms with E-state index in [1.54, 1.807) is 29.2 Å². The molecule has 2 aliphatic heterocycles. The Kier molecular flexibility index (Phi) is 6.71. The van der Waals surface area contributed by atoms with Gasteiger partial charge in [0.05, 0.1) is 10.6 Å². The Morgan fingerprint density at radius 1 is 1.12 bits per heavy atom. The number of carboxylic acids is 1. The number of nitrogens with zero attached hydrogens (tertiary/aromatic N) is 2. The normalized spacial score (nSPS) is 17.5. The second-order valence-corrected chi connectivity index (χ2v) is 10.5. The number of carbonyl (C=O) groups excluding carboxylic acids is 1. The summed E-state index contributed by atoms with van der Waals surface area (Å²) in [5.74, 6) is -0.839. The van der Waals surface area contributed by atoms with Gasteiger partial charge in [-0.25, -0.2) is 13.2 Å². The second-order valence-electron chi connectivity index (χ2n) is 8.53. The van der Waals surface area contributed by atoms with E-state index in [4.69, 9.17) is 9.84 Å². The molecule has 2 aliphatic rings. The van der Waals surface area contributed by atoms with E-state index in [2.05, 4.69) is 0 Å². The number of benzene rings is 2. The van der Waals surface area contributed by atoms with Crippen molar-refractivity contribution < 1.29 is 27.9 Å². The number of cyclic esters (lactones) is 1. The summed E-state index contributed by atoms with van der Waals surface area (Å²) in [5.41, 5.74) is 3.76. The number of hydrogen-bond acceptors (Lipinski definition) is 5. The predicted molar refractivity (Wildman–Crippen MR) is 123 cm³/mol. The van der Waals surface area contributed by atoms with Gasteiger partial charge in [0, 0.05) is 31.1 Å².